The van der Waals surface area contributed by atoms with Crippen LogP contribution in [0.3, 0.4) is 0 Å². The van der Waals surface area contributed by atoms with Crippen molar-refractivity contribution in [2.24, 2.45) is 5.73 Å². The molecular weight excluding hydrogens is 188 g/mol. The molecule has 1 atom stereocenters. The molecule has 0 fully saturated rings. The summed E-state index contributed by atoms with van der Waals surface area (Å²) in [6, 6.07) is 3.25. The monoisotopic (exact) mass is 200 g/mol. The lowest BCUT2D eigenvalue weighted by Crippen LogP contribution is -2.37. The van der Waals surface area contributed by atoms with Gasteiger partial charge in [0.05, 0.1) is 12.1 Å². The predicted molar refractivity (Wildman–Crippen MR) is 52.8 cm³/mol. The van der Waals surface area contributed by atoms with Crippen LogP contribution in [-0.2, 0) is 9.53 Å². The molecule has 0 aliphatic carbocycles. The van der Waals surface area contributed by atoms with Crippen molar-refractivity contribution in [2.45, 2.75) is 6.04 Å². The minimum Gasteiger partial charge on any atom is -0.468 e. The molecule has 0 amide bonds. The summed E-state index contributed by atoms with van der Waals surface area (Å²) >= 11 is 1.57. The first-order chi connectivity index (χ1) is 6.24. The van der Waals surface area contributed by atoms with Gasteiger partial charge in [-0.25, -0.2) is 0 Å². The summed E-state index contributed by atoms with van der Waals surface area (Å²) in [6.45, 7) is 0.396. The van der Waals surface area contributed by atoms with E-state index in [1.165, 1.54) is 7.11 Å². The van der Waals surface area contributed by atoms with E-state index in [4.69, 9.17) is 5.73 Å². The molecule has 5 heteroatoms. The van der Waals surface area contributed by atoms with E-state index in [1.54, 1.807) is 11.3 Å². The lowest BCUT2D eigenvalue weighted by Gasteiger charge is -2.09. The molecule has 0 aliphatic heterocycles. The largest absolute Gasteiger partial charge is 0.468 e. The highest BCUT2D eigenvalue weighted by molar-refractivity contribution is 7.14. The van der Waals surface area contributed by atoms with Crippen LogP contribution in [0.1, 0.15) is 0 Å². The molecule has 1 rings (SSSR count). The summed E-state index contributed by atoms with van der Waals surface area (Å²) in [5.41, 5.74) is 5.51. The van der Waals surface area contributed by atoms with Crippen molar-refractivity contribution in [3.8, 4) is 0 Å². The van der Waals surface area contributed by atoms with Gasteiger partial charge in [0, 0.05) is 6.54 Å². The van der Waals surface area contributed by atoms with Crippen LogP contribution in [0.15, 0.2) is 17.5 Å². The number of nitrogens with two attached hydrogens (primary N) is 1. The third-order valence-corrected chi connectivity index (χ3v) is 2.35. The maximum atomic E-state index is 10.9. The molecule has 1 unspecified atom stereocenters. The molecule has 0 bridgehead atoms. The van der Waals surface area contributed by atoms with Crippen molar-refractivity contribution >= 4 is 22.3 Å². The summed E-state index contributed by atoms with van der Waals surface area (Å²) in [5, 5.41) is 5.98. The number of methoxy groups -OCH3 is 1. The zero-order chi connectivity index (χ0) is 9.68. The molecular formula is C8H12N2O2S. The van der Waals surface area contributed by atoms with Crippen LogP contribution >= 0.6 is 11.3 Å². The Bertz CT molecular complexity index is 261. The molecule has 0 spiro atoms. The third-order valence-electron chi connectivity index (χ3n) is 1.52. The minimum atomic E-state index is -0.605. The third kappa shape index (κ3) is 3.04. The zero-order valence-corrected chi connectivity index (χ0v) is 8.14. The Labute approximate surface area is 80.7 Å². The number of ether oxygens (including phenoxy) is 1. The first-order valence-corrected chi connectivity index (χ1v) is 4.73. The number of nitrogens with one attached hydrogen (secondary N) is 1. The molecule has 1 heterocycles. The normalized spacial score (nSPS) is 12.2. The first-order valence-electron chi connectivity index (χ1n) is 3.85. The molecule has 3 N–H and O–H groups in total. The molecule has 0 radical (unpaired) electrons. The molecule has 1 aromatic heterocycles. The van der Waals surface area contributed by atoms with E-state index in [1.807, 2.05) is 17.5 Å². The number of thiophene rings is 1. The number of hydrogen-bond acceptors (Lipinski definition) is 5. The summed E-state index contributed by atoms with van der Waals surface area (Å²) in [7, 11) is 1.33. The summed E-state index contributed by atoms with van der Waals surface area (Å²) in [5.74, 6) is -0.399. The first kappa shape index (κ1) is 10.0. The summed E-state index contributed by atoms with van der Waals surface area (Å²) in [6.07, 6.45) is 0. The van der Waals surface area contributed by atoms with Crippen LogP contribution in [0.4, 0.5) is 5.00 Å². The molecule has 72 valence electrons. The molecule has 1 aromatic rings. The van der Waals surface area contributed by atoms with Crippen LogP contribution in [0.5, 0.6) is 0 Å². The van der Waals surface area contributed by atoms with Crippen LogP contribution in [0, 0.1) is 0 Å². The molecule has 0 aromatic carbocycles. The fourth-order valence-corrected chi connectivity index (χ4v) is 1.45. The smallest absolute Gasteiger partial charge is 0.324 e. The van der Waals surface area contributed by atoms with Gasteiger partial charge in [0.25, 0.3) is 0 Å². The van der Waals surface area contributed by atoms with Gasteiger partial charge in [0.15, 0.2) is 0 Å². The second-order valence-electron chi connectivity index (χ2n) is 2.49. The Morgan fingerprint density at radius 2 is 2.62 bits per heavy atom. The van der Waals surface area contributed by atoms with Gasteiger partial charge in [-0.1, -0.05) is 0 Å². The molecule has 0 aliphatic rings. The van der Waals surface area contributed by atoms with Gasteiger partial charge < -0.3 is 15.8 Å². The highest BCUT2D eigenvalue weighted by Gasteiger charge is 2.12. The Morgan fingerprint density at radius 1 is 1.85 bits per heavy atom. The Balaban J connectivity index is 2.30. The molecule has 0 saturated heterocycles. The average molecular weight is 200 g/mol. The minimum absolute atomic E-state index is 0.396. The van der Waals surface area contributed by atoms with Gasteiger partial charge in [0.1, 0.15) is 6.04 Å². The number of rotatable bonds is 4. The van der Waals surface area contributed by atoms with Gasteiger partial charge in [-0.2, -0.15) is 0 Å². The number of carbonyl (C=O) groups excluding carboxylic acids is 1. The SMILES string of the molecule is COC(=O)C(N)CNc1cccs1. The number of anilines is 1. The topological polar surface area (TPSA) is 64.3 Å². The standard InChI is InChI=1S/C8H12N2O2S/c1-12-8(11)6(9)5-10-7-3-2-4-13-7/h2-4,6,10H,5,9H2,1H3. The molecule has 4 nitrogen and oxygen atoms in total. The van der Waals surface area contributed by atoms with E-state index in [0.29, 0.717) is 6.54 Å². The fourth-order valence-electron chi connectivity index (χ4n) is 0.824. The Hall–Kier alpha value is -1.07. The van der Waals surface area contributed by atoms with Crippen LogP contribution in [0.25, 0.3) is 0 Å². The Kier molecular flexibility index (Phi) is 3.72. The quantitative estimate of drug-likeness (QED) is 0.701. The van der Waals surface area contributed by atoms with E-state index in [-0.39, 0.29) is 0 Å². The van der Waals surface area contributed by atoms with E-state index in [9.17, 15) is 4.79 Å². The maximum Gasteiger partial charge on any atom is 0.324 e. The predicted octanol–water partition coefficient (Wildman–Crippen LogP) is 0.660. The fraction of sp³-hybridized carbons (Fsp3) is 0.375. The number of hydrogen-bond donors (Lipinski definition) is 2. The number of esters is 1. The van der Waals surface area contributed by atoms with Crippen molar-refractivity contribution in [1.29, 1.82) is 0 Å². The molecule has 13 heavy (non-hydrogen) atoms. The molecule has 0 saturated carbocycles. The van der Waals surface area contributed by atoms with Gasteiger partial charge >= 0.3 is 5.97 Å². The van der Waals surface area contributed by atoms with Crippen LogP contribution in [-0.4, -0.2) is 25.7 Å². The van der Waals surface area contributed by atoms with E-state index in [2.05, 4.69) is 10.1 Å². The van der Waals surface area contributed by atoms with Gasteiger partial charge in [-0.05, 0) is 17.5 Å². The van der Waals surface area contributed by atoms with Crippen molar-refractivity contribution < 1.29 is 9.53 Å². The lowest BCUT2D eigenvalue weighted by molar-refractivity contribution is -0.141. The zero-order valence-electron chi connectivity index (χ0n) is 7.32. The second kappa shape index (κ2) is 4.84. The van der Waals surface area contributed by atoms with Crippen LogP contribution in [0.2, 0.25) is 0 Å². The van der Waals surface area contributed by atoms with Crippen molar-refractivity contribution in [2.75, 3.05) is 19.0 Å². The average Bonchev–Trinajstić information content (AvgIpc) is 2.65. The second-order valence-corrected chi connectivity index (χ2v) is 3.44. The van der Waals surface area contributed by atoms with E-state index in [0.717, 1.165) is 5.00 Å². The maximum absolute atomic E-state index is 10.9. The summed E-state index contributed by atoms with van der Waals surface area (Å²) in [4.78, 5) is 10.9. The highest BCUT2D eigenvalue weighted by atomic mass is 32.1. The van der Waals surface area contributed by atoms with Crippen LogP contribution < -0.4 is 11.1 Å². The lowest BCUT2D eigenvalue weighted by atomic mass is 10.3. The van der Waals surface area contributed by atoms with E-state index < -0.39 is 12.0 Å². The van der Waals surface area contributed by atoms with Gasteiger partial charge in [-0.15, -0.1) is 11.3 Å². The van der Waals surface area contributed by atoms with Gasteiger partial charge in [-0.3, -0.25) is 4.79 Å². The van der Waals surface area contributed by atoms with E-state index >= 15 is 0 Å². The van der Waals surface area contributed by atoms with Gasteiger partial charge in [0.2, 0.25) is 0 Å². The highest BCUT2D eigenvalue weighted by Crippen LogP contribution is 2.14. The summed E-state index contributed by atoms with van der Waals surface area (Å²) < 4.78 is 4.48. The van der Waals surface area contributed by atoms with Crippen molar-refractivity contribution in [1.82, 2.24) is 0 Å². The number of carbonyl (C=O) groups is 1. The Morgan fingerprint density at radius 3 is 3.15 bits per heavy atom. The van der Waals surface area contributed by atoms with Crippen molar-refractivity contribution in [3.05, 3.63) is 17.5 Å². The van der Waals surface area contributed by atoms with Crippen molar-refractivity contribution in [3.63, 3.8) is 0 Å².